The highest BCUT2D eigenvalue weighted by Crippen LogP contribution is 2.63. The number of fused-ring (bicyclic) bond motifs is 5. The van der Waals surface area contributed by atoms with Gasteiger partial charge in [-0.15, -0.1) is 0 Å². The molecule has 1 aromatic rings. The summed E-state index contributed by atoms with van der Waals surface area (Å²) >= 11 is 0. The van der Waals surface area contributed by atoms with E-state index in [2.05, 4.69) is 33.8 Å². The van der Waals surface area contributed by atoms with E-state index in [-0.39, 0.29) is 17.1 Å². The number of ether oxygens (including phenoxy) is 1. The summed E-state index contributed by atoms with van der Waals surface area (Å²) in [6, 6.07) is 6.05. The van der Waals surface area contributed by atoms with Crippen molar-refractivity contribution in [3.05, 3.63) is 29.3 Å². The first-order valence-corrected chi connectivity index (χ1v) is 11.3. The van der Waals surface area contributed by atoms with Crippen molar-refractivity contribution in [1.82, 2.24) is 0 Å². The standard InChI is InChI=1S/C25H38O3/c1-24(2,3)28-13-5-6-17-15-25(4)21(11-12-22(25)27)20-9-7-16-14-18(26)8-10-19(16)23(17)20/h8,10,14,17,20-23,26-27H,5-7,9,11-13,15H2,1-4H3/t17-,20-,21-,22-,23+,25-/m0/s1. The molecule has 0 saturated heterocycles. The molecule has 4 rings (SSSR count). The fourth-order valence-corrected chi connectivity index (χ4v) is 6.85. The molecule has 0 heterocycles. The summed E-state index contributed by atoms with van der Waals surface area (Å²) in [5, 5.41) is 20.8. The Bertz CT molecular complexity index is 706. The fraction of sp³-hybridized carbons (Fsp3) is 0.760. The molecule has 3 heteroatoms. The second kappa shape index (κ2) is 7.32. The van der Waals surface area contributed by atoms with Crippen molar-refractivity contribution in [2.75, 3.05) is 6.61 Å². The van der Waals surface area contributed by atoms with Crippen molar-refractivity contribution in [2.45, 2.75) is 90.3 Å². The average molecular weight is 387 g/mol. The Hall–Kier alpha value is -1.06. The van der Waals surface area contributed by atoms with E-state index in [1.165, 1.54) is 24.0 Å². The first kappa shape index (κ1) is 20.2. The van der Waals surface area contributed by atoms with E-state index in [4.69, 9.17) is 4.74 Å². The molecule has 1 aromatic carbocycles. The minimum atomic E-state index is -0.145. The van der Waals surface area contributed by atoms with E-state index in [1.807, 2.05) is 12.1 Å². The highest BCUT2D eigenvalue weighted by molar-refractivity contribution is 5.40. The number of hydrogen-bond acceptors (Lipinski definition) is 3. The number of aliphatic hydroxyl groups excluding tert-OH is 1. The van der Waals surface area contributed by atoms with Crippen molar-refractivity contribution in [1.29, 1.82) is 0 Å². The van der Waals surface area contributed by atoms with Gasteiger partial charge in [0, 0.05) is 6.61 Å². The van der Waals surface area contributed by atoms with Crippen molar-refractivity contribution >= 4 is 0 Å². The molecule has 0 aromatic heterocycles. The van der Waals surface area contributed by atoms with E-state index >= 15 is 0 Å². The minimum Gasteiger partial charge on any atom is -0.508 e. The van der Waals surface area contributed by atoms with Crippen LogP contribution in [-0.2, 0) is 11.2 Å². The van der Waals surface area contributed by atoms with Crippen molar-refractivity contribution < 1.29 is 14.9 Å². The van der Waals surface area contributed by atoms with Crippen molar-refractivity contribution in [2.24, 2.45) is 23.2 Å². The lowest BCUT2D eigenvalue weighted by molar-refractivity contribution is -0.0541. The Morgan fingerprint density at radius 1 is 1.18 bits per heavy atom. The Kier molecular flexibility index (Phi) is 5.29. The van der Waals surface area contributed by atoms with Crippen LogP contribution in [0.2, 0.25) is 0 Å². The molecule has 6 atom stereocenters. The lowest BCUT2D eigenvalue weighted by Gasteiger charge is -2.54. The van der Waals surface area contributed by atoms with Crippen LogP contribution in [0.5, 0.6) is 5.75 Å². The molecule has 0 radical (unpaired) electrons. The molecular weight excluding hydrogens is 348 g/mol. The van der Waals surface area contributed by atoms with Gasteiger partial charge >= 0.3 is 0 Å². The number of rotatable bonds is 4. The van der Waals surface area contributed by atoms with Gasteiger partial charge in [0.1, 0.15) is 5.75 Å². The topological polar surface area (TPSA) is 49.7 Å². The fourth-order valence-electron chi connectivity index (χ4n) is 6.85. The van der Waals surface area contributed by atoms with Gasteiger partial charge in [-0.2, -0.15) is 0 Å². The molecular formula is C25H38O3. The zero-order valence-corrected chi connectivity index (χ0v) is 18.1. The van der Waals surface area contributed by atoms with E-state index in [0.29, 0.717) is 29.4 Å². The SMILES string of the molecule is CC(C)(C)OCCC[C@H]1C[C@]2(C)[C@@H](O)CC[C@H]2[C@@H]2CCc3cc(O)ccc3[C@@H]12. The van der Waals surface area contributed by atoms with Crippen LogP contribution in [0.25, 0.3) is 0 Å². The van der Waals surface area contributed by atoms with E-state index in [1.54, 1.807) is 0 Å². The quantitative estimate of drug-likeness (QED) is 0.678. The molecule has 0 spiro atoms. The highest BCUT2D eigenvalue weighted by atomic mass is 16.5. The largest absolute Gasteiger partial charge is 0.508 e. The zero-order valence-electron chi connectivity index (χ0n) is 18.1. The molecule has 156 valence electrons. The predicted molar refractivity (Wildman–Crippen MR) is 113 cm³/mol. The number of aliphatic hydroxyl groups is 1. The van der Waals surface area contributed by atoms with E-state index < -0.39 is 0 Å². The number of phenols is 1. The van der Waals surface area contributed by atoms with Gasteiger partial charge in [-0.05, 0) is 118 Å². The molecule has 3 aliphatic rings. The molecule has 2 N–H and O–H groups in total. The Balaban J connectivity index is 1.60. The minimum absolute atomic E-state index is 0.0745. The summed E-state index contributed by atoms with van der Waals surface area (Å²) < 4.78 is 5.99. The van der Waals surface area contributed by atoms with Crippen molar-refractivity contribution in [3.63, 3.8) is 0 Å². The van der Waals surface area contributed by atoms with Gasteiger partial charge in [-0.3, -0.25) is 0 Å². The average Bonchev–Trinajstić information content (AvgIpc) is 2.92. The molecule has 0 bridgehead atoms. The maximum atomic E-state index is 10.8. The molecule has 28 heavy (non-hydrogen) atoms. The first-order valence-electron chi connectivity index (χ1n) is 11.3. The second-order valence-corrected chi connectivity index (χ2v) is 10.9. The third-order valence-corrected chi connectivity index (χ3v) is 8.03. The molecule has 3 nitrogen and oxygen atoms in total. The molecule has 2 fully saturated rings. The van der Waals surface area contributed by atoms with Crippen LogP contribution in [0.4, 0.5) is 0 Å². The highest BCUT2D eigenvalue weighted by Gasteiger charge is 2.57. The molecule has 2 saturated carbocycles. The summed E-state index contributed by atoms with van der Waals surface area (Å²) in [6.45, 7) is 9.52. The van der Waals surface area contributed by atoms with Gasteiger partial charge in [-0.1, -0.05) is 13.0 Å². The van der Waals surface area contributed by atoms with Gasteiger partial charge in [0.2, 0.25) is 0 Å². The summed E-state index contributed by atoms with van der Waals surface area (Å²) in [6.07, 6.45) is 7.61. The van der Waals surface area contributed by atoms with Gasteiger partial charge in [-0.25, -0.2) is 0 Å². The maximum Gasteiger partial charge on any atom is 0.115 e. The van der Waals surface area contributed by atoms with Crippen LogP contribution in [0.3, 0.4) is 0 Å². The van der Waals surface area contributed by atoms with Crippen LogP contribution >= 0.6 is 0 Å². The van der Waals surface area contributed by atoms with E-state index in [0.717, 1.165) is 38.7 Å². The normalized spacial score (nSPS) is 37.2. The smallest absolute Gasteiger partial charge is 0.115 e. The van der Waals surface area contributed by atoms with Gasteiger partial charge < -0.3 is 14.9 Å². The van der Waals surface area contributed by atoms with Gasteiger partial charge in [0.25, 0.3) is 0 Å². The zero-order chi connectivity index (χ0) is 20.1. The van der Waals surface area contributed by atoms with E-state index in [9.17, 15) is 10.2 Å². The van der Waals surface area contributed by atoms with Crippen LogP contribution in [0, 0.1) is 23.2 Å². The van der Waals surface area contributed by atoms with Crippen LogP contribution in [0.15, 0.2) is 18.2 Å². The summed E-state index contributed by atoms with van der Waals surface area (Å²) in [4.78, 5) is 0. The third-order valence-electron chi connectivity index (χ3n) is 8.03. The lowest BCUT2D eigenvalue weighted by Crippen LogP contribution is -2.48. The monoisotopic (exact) mass is 386 g/mol. The van der Waals surface area contributed by atoms with Crippen LogP contribution in [0.1, 0.15) is 83.3 Å². The second-order valence-electron chi connectivity index (χ2n) is 10.9. The van der Waals surface area contributed by atoms with Crippen molar-refractivity contribution in [3.8, 4) is 5.75 Å². The number of phenolic OH excluding ortho intramolecular Hbond substituents is 1. The number of hydrogen-bond donors (Lipinski definition) is 2. The molecule has 0 unspecified atom stereocenters. The molecule has 0 aliphatic heterocycles. The van der Waals surface area contributed by atoms with Gasteiger partial charge in [0.05, 0.1) is 11.7 Å². The third kappa shape index (κ3) is 3.61. The van der Waals surface area contributed by atoms with Crippen LogP contribution in [-0.4, -0.2) is 28.5 Å². The maximum absolute atomic E-state index is 10.8. The summed E-state index contributed by atoms with van der Waals surface area (Å²) in [7, 11) is 0. The summed E-state index contributed by atoms with van der Waals surface area (Å²) in [5.41, 5.74) is 2.81. The Morgan fingerprint density at radius 2 is 1.96 bits per heavy atom. The molecule has 0 amide bonds. The summed E-state index contributed by atoms with van der Waals surface area (Å²) in [5.74, 6) is 2.86. The first-order chi connectivity index (χ1) is 13.2. The predicted octanol–water partition coefficient (Wildman–Crippen LogP) is 5.43. The Morgan fingerprint density at radius 3 is 2.71 bits per heavy atom. The molecule has 3 aliphatic carbocycles. The number of aryl methyl sites for hydroxylation is 1. The number of aromatic hydroxyl groups is 1. The lowest BCUT2D eigenvalue weighted by atomic mass is 9.51. The Labute approximate surface area is 170 Å². The van der Waals surface area contributed by atoms with Gasteiger partial charge in [0.15, 0.2) is 0 Å². The van der Waals surface area contributed by atoms with Crippen LogP contribution < -0.4 is 0 Å². The number of benzene rings is 1.